The Morgan fingerprint density at radius 1 is 0.904 bits per heavy atom. The number of benzene rings is 4. The van der Waals surface area contributed by atoms with Crippen LogP contribution in [0.1, 0.15) is 5.56 Å². The molecule has 0 fully saturated rings. The van der Waals surface area contributed by atoms with E-state index in [-0.39, 0.29) is 32.9 Å². The first-order valence-corrected chi connectivity index (χ1v) is 17.2. The molecule has 1 aliphatic carbocycles. The predicted molar refractivity (Wildman–Crippen MR) is 200 cm³/mol. The summed E-state index contributed by atoms with van der Waals surface area (Å²) in [5.74, 6) is 0.917. The fraction of sp³-hybridized carbons (Fsp3) is 0.325. The Labute approximate surface area is 303 Å². The van der Waals surface area contributed by atoms with Crippen LogP contribution in [0.2, 0.25) is 0 Å². The predicted octanol–water partition coefficient (Wildman–Crippen LogP) is 4.25. The van der Waals surface area contributed by atoms with Crippen LogP contribution in [-0.4, -0.2) is 91.9 Å². The number of aliphatic carboxylic acids is 1. The first-order valence-electron chi connectivity index (χ1n) is 17.2. The van der Waals surface area contributed by atoms with Crippen LogP contribution >= 0.6 is 0 Å². The number of carboxylic acid groups (broad SMARTS) is 1. The molecule has 6 rings (SSSR count). The van der Waals surface area contributed by atoms with Gasteiger partial charge < -0.3 is 48.6 Å². The van der Waals surface area contributed by atoms with Crippen LogP contribution in [0.25, 0.3) is 33.4 Å². The highest BCUT2D eigenvalue weighted by atomic mass is 17.1. The highest BCUT2D eigenvalue weighted by Gasteiger charge is 2.22. The Balaban J connectivity index is 1.45. The summed E-state index contributed by atoms with van der Waals surface area (Å²) in [6.07, 6.45) is 0. The molecular formula is C40H45N4O8-. The second-order valence-corrected chi connectivity index (χ2v) is 13.1. The zero-order valence-electron chi connectivity index (χ0n) is 30.3. The second kappa shape index (κ2) is 16.4. The molecule has 2 heterocycles. The Morgan fingerprint density at radius 3 is 2.33 bits per heavy atom. The van der Waals surface area contributed by atoms with E-state index in [0.717, 1.165) is 55.7 Å². The van der Waals surface area contributed by atoms with Crippen LogP contribution in [0.3, 0.4) is 0 Å². The number of anilines is 3. The van der Waals surface area contributed by atoms with E-state index in [4.69, 9.17) is 18.6 Å². The molecule has 0 saturated carbocycles. The molecule has 52 heavy (non-hydrogen) atoms. The smallest absolute Gasteiger partial charge is 0.323 e. The molecule has 0 atom stereocenters. The lowest BCUT2D eigenvalue weighted by atomic mass is 9.93. The quantitative estimate of drug-likeness (QED) is 0.0858. The summed E-state index contributed by atoms with van der Waals surface area (Å²) >= 11 is 0. The van der Waals surface area contributed by atoms with Crippen molar-refractivity contribution in [3.63, 3.8) is 0 Å². The molecular weight excluding hydrogens is 664 g/mol. The van der Waals surface area contributed by atoms with E-state index in [9.17, 15) is 15.2 Å². The van der Waals surface area contributed by atoms with Crippen molar-refractivity contribution in [3.8, 4) is 33.9 Å². The molecule has 274 valence electrons. The average Bonchev–Trinajstić information content (AvgIpc) is 3.12. The van der Waals surface area contributed by atoms with Gasteiger partial charge in [-0.05, 0) is 60.5 Å². The molecule has 3 aromatic rings. The summed E-state index contributed by atoms with van der Waals surface area (Å²) in [5.41, 5.74) is 6.98. The number of hydrogen-bond acceptors (Lipinski definition) is 10. The molecule has 2 aliphatic heterocycles. The third kappa shape index (κ3) is 8.25. The second-order valence-electron chi connectivity index (χ2n) is 13.1. The minimum atomic E-state index is -0.975. The lowest BCUT2D eigenvalue weighted by Gasteiger charge is -2.33. The molecule has 3 aromatic carbocycles. The largest absolute Gasteiger partial charge is 0.759 e. The molecule has 12 heteroatoms. The Hall–Kier alpha value is -5.30. The summed E-state index contributed by atoms with van der Waals surface area (Å²) in [5, 5.41) is 22.7. The van der Waals surface area contributed by atoms with Gasteiger partial charge >= 0.3 is 5.97 Å². The monoisotopic (exact) mass is 709 g/mol. The van der Waals surface area contributed by atoms with Crippen LogP contribution in [0.5, 0.6) is 11.5 Å². The molecule has 0 spiro atoms. The summed E-state index contributed by atoms with van der Waals surface area (Å²) in [7, 11) is 7.98. The lowest BCUT2D eigenvalue weighted by Crippen LogP contribution is -2.34. The maximum atomic E-state index is 12.1. The topological polar surface area (TPSA) is 123 Å². The number of ether oxygens (including phenoxy) is 3. The number of fused-ring (bicyclic) bond motifs is 4. The van der Waals surface area contributed by atoms with E-state index in [0.29, 0.717) is 36.9 Å². The molecule has 0 aromatic heterocycles. The molecule has 0 saturated heterocycles. The van der Waals surface area contributed by atoms with E-state index < -0.39 is 5.97 Å². The Kier molecular flexibility index (Phi) is 11.5. The third-order valence-electron chi connectivity index (χ3n) is 9.07. The van der Waals surface area contributed by atoms with Gasteiger partial charge in [0.25, 0.3) is 0 Å². The Bertz CT molecular complexity index is 2070. The Morgan fingerprint density at radius 2 is 1.62 bits per heavy atom. The van der Waals surface area contributed by atoms with Crippen molar-refractivity contribution in [1.82, 2.24) is 4.58 Å². The van der Waals surface area contributed by atoms with Gasteiger partial charge in [0.15, 0.2) is 0 Å². The van der Waals surface area contributed by atoms with Gasteiger partial charge in [-0.25, -0.2) is 11.2 Å². The van der Waals surface area contributed by atoms with E-state index in [1.165, 1.54) is 6.61 Å². The SMILES string of the molecule is Cc1ccc2c(c1)OCCOc1cc(-c3c4ccc(=[N+](C)C)cc-4oc4cc(N(C)C)ccc34)ccc1N(CC(=O)O)CCOCCN2C[CH-]O[O-]. The van der Waals surface area contributed by atoms with Crippen molar-refractivity contribution < 1.29 is 38.7 Å². The highest BCUT2D eigenvalue weighted by molar-refractivity contribution is 6.03. The summed E-state index contributed by atoms with van der Waals surface area (Å²) < 4.78 is 27.4. The maximum Gasteiger partial charge on any atom is 0.323 e. The summed E-state index contributed by atoms with van der Waals surface area (Å²) in [6.45, 7) is 4.88. The van der Waals surface area contributed by atoms with Gasteiger partial charge in [0.2, 0.25) is 5.36 Å². The van der Waals surface area contributed by atoms with E-state index in [1.807, 2.05) is 98.0 Å². The number of carbonyl (C=O) groups is 1. The van der Waals surface area contributed by atoms with Crippen molar-refractivity contribution in [2.24, 2.45) is 0 Å². The van der Waals surface area contributed by atoms with Crippen LogP contribution in [0, 0.1) is 13.5 Å². The van der Waals surface area contributed by atoms with Crippen molar-refractivity contribution in [1.29, 1.82) is 0 Å². The standard InChI is InChI=1S/C40H46N4O8/c1-27-6-12-33-37(22-27)49-20-21-50-38-23-28(7-13-34(38)44(26-39(45)46)15-18-48-17-14-43(33)16-19-51-47)40-31-10-8-29(41(2)3)24-35(31)52-36-25-30(42(4)5)9-11-32(36)40/h6-13,19,22-25,47H,14-18,20-21,26H2,1-5H3,(H,45,46)/p-1. The van der Waals surface area contributed by atoms with Gasteiger partial charge in [0.05, 0.1) is 30.7 Å². The highest BCUT2D eigenvalue weighted by Crippen LogP contribution is 2.43. The number of hydrogen-bond donors (Lipinski definition) is 1. The van der Waals surface area contributed by atoms with Crippen molar-refractivity contribution in [2.75, 3.05) is 95.5 Å². The fourth-order valence-corrected chi connectivity index (χ4v) is 6.41. The van der Waals surface area contributed by atoms with Gasteiger partial charge in [-0.2, -0.15) is 0 Å². The molecule has 0 bridgehead atoms. The van der Waals surface area contributed by atoms with E-state index in [2.05, 4.69) is 29.2 Å². The molecule has 12 nitrogen and oxygen atoms in total. The number of aryl methyl sites for hydroxylation is 1. The number of carboxylic acids is 1. The molecule has 1 N–H and O–H groups in total. The normalized spacial score (nSPS) is 14.1. The molecule has 3 aliphatic rings. The minimum absolute atomic E-state index is 0.182. The van der Waals surface area contributed by atoms with Crippen molar-refractivity contribution in [2.45, 2.75) is 6.92 Å². The molecule has 0 radical (unpaired) electrons. The summed E-state index contributed by atoms with van der Waals surface area (Å²) in [4.78, 5) is 21.9. The van der Waals surface area contributed by atoms with E-state index >= 15 is 0 Å². The zero-order valence-corrected chi connectivity index (χ0v) is 30.3. The fourth-order valence-electron chi connectivity index (χ4n) is 6.41. The van der Waals surface area contributed by atoms with Crippen LogP contribution in [-0.2, 0) is 14.4 Å². The molecule has 0 amide bonds. The number of nitrogens with zero attached hydrogens (tertiary/aromatic N) is 4. The minimum Gasteiger partial charge on any atom is -0.759 e. The maximum absolute atomic E-state index is 12.1. The first-order chi connectivity index (χ1) is 25.1. The van der Waals surface area contributed by atoms with E-state index in [1.54, 1.807) is 4.90 Å². The van der Waals surface area contributed by atoms with Crippen LogP contribution in [0.15, 0.2) is 77.2 Å². The van der Waals surface area contributed by atoms with Gasteiger partial charge in [-0.1, -0.05) is 18.7 Å². The third-order valence-corrected chi connectivity index (χ3v) is 9.07. The van der Waals surface area contributed by atoms with Gasteiger partial charge in [0.1, 0.15) is 56.7 Å². The van der Waals surface area contributed by atoms with Crippen molar-refractivity contribution >= 4 is 34.0 Å². The van der Waals surface area contributed by atoms with Crippen LogP contribution in [0.4, 0.5) is 17.1 Å². The number of rotatable bonds is 7. The lowest BCUT2D eigenvalue weighted by molar-refractivity contribution is -0.675. The average molecular weight is 710 g/mol. The van der Waals surface area contributed by atoms with Crippen molar-refractivity contribution in [3.05, 3.63) is 90.3 Å². The van der Waals surface area contributed by atoms with Gasteiger partial charge in [-0.3, -0.25) is 4.79 Å². The molecule has 0 unspecified atom stereocenters. The van der Waals surface area contributed by atoms with Gasteiger partial charge in [0, 0.05) is 61.5 Å². The van der Waals surface area contributed by atoms with Crippen LogP contribution < -0.4 is 39.4 Å². The van der Waals surface area contributed by atoms with Gasteiger partial charge in [-0.15, -0.1) is 0 Å². The first kappa shape index (κ1) is 36.5. The zero-order chi connectivity index (χ0) is 36.8. The summed E-state index contributed by atoms with van der Waals surface area (Å²) in [6, 6.07) is 24.1.